The number of sulfonamides is 1. The van der Waals surface area contributed by atoms with Gasteiger partial charge in [-0.2, -0.15) is 4.98 Å². The van der Waals surface area contributed by atoms with E-state index in [1.807, 2.05) is 6.92 Å². The fourth-order valence-corrected chi connectivity index (χ4v) is 2.39. The molecule has 0 aliphatic heterocycles. The lowest BCUT2D eigenvalue weighted by molar-refractivity contribution is 0.339. The third-order valence-electron chi connectivity index (χ3n) is 2.18. The van der Waals surface area contributed by atoms with Crippen molar-refractivity contribution in [1.82, 2.24) is 10.1 Å². The van der Waals surface area contributed by atoms with E-state index in [0.29, 0.717) is 12.4 Å². The molecular formula is C11H13N3O4S. The highest BCUT2D eigenvalue weighted by Crippen LogP contribution is 2.19. The van der Waals surface area contributed by atoms with Crippen LogP contribution in [0.25, 0.3) is 0 Å². The molecular weight excluding hydrogens is 270 g/mol. The Labute approximate surface area is 110 Å². The van der Waals surface area contributed by atoms with Crippen molar-refractivity contribution in [2.24, 2.45) is 0 Å². The van der Waals surface area contributed by atoms with Crippen molar-refractivity contribution in [2.45, 2.75) is 18.7 Å². The predicted octanol–water partition coefficient (Wildman–Crippen LogP) is 1.58. The molecule has 2 rings (SSSR count). The third-order valence-corrected chi connectivity index (χ3v) is 3.51. The van der Waals surface area contributed by atoms with Gasteiger partial charge in [0.25, 0.3) is 16.0 Å². The summed E-state index contributed by atoms with van der Waals surface area (Å²) in [6.45, 7) is 3.85. The van der Waals surface area contributed by atoms with Crippen molar-refractivity contribution >= 4 is 16.0 Å². The molecule has 0 saturated carbocycles. The van der Waals surface area contributed by atoms with Gasteiger partial charge >= 0.3 is 0 Å². The van der Waals surface area contributed by atoms with Gasteiger partial charge in [-0.25, -0.2) is 13.1 Å². The Balaban J connectivity index is 2.26. The van der Waals surface area contributed by atoms with E-state index in [4.69, 9.17) is 9.26 Å². The molecule has 0 bridgehead atoms. The van der Waals surface area contributed by atoms with Gasteiger partial charge in [-0.1, -0.05) is 6.07 Å². The number of aryl methyl sites for hydroxylation is 1. The zero-order valence-corrected chi connectivity index (χ0v) is 11.3. The molecule has 0 amide bonds. The average Bonchev–Trinajstić information content (AvgIpc) is 2.75. The summed E-state index contributed by atoms with van der Waals surface area (Å²) in [5.41, 5.74) is 0. The molecule has 8 heteroatoms. The van der Waals surface area contributed by atoms with E-state index in [2.05, 4.69) is 14.9 Å². The highest BCUT2D eigenvalue weighted by atomic mass is 32.2. The SMILES string of the molecule is CCOc1cccc(S(=O)(=O)Nc2noc(C)n2)c1. The topological polar surface area (TPSA) is 94.3 Å². The van der Waals surface area contributed by atoms with Crippen LogP contribution in [0.2, 0.25) is 0 Å². The number of rotatable bonds is 5. The number of hydrogen-bond acceptors (Lipinski definition) is 6. The number of nitrogens with zero attached hydrogens (tertiary/aromatic N) is 2. The van der Waals surface area contributed by atoms with Crippen LogP contribution in [-0.2, 0) is 10.0 Å². The standard InChI is InChI=1S/C11H13N3O4S/c1-3-17-9-5-4-6-10(7-9)19(15,16)14-11-12-8(2)18-13-11/h4-7H,3H2,1-2H3,(H,13,14). The summed E-state index contributed by atoms with van der Waals surface area (Å²) in [5, 5.41) is 3.48. The lowest BCUT2D eigenvalue weighted by Crippen LogP contribution is -2.14. The molecule has 0 spiro atoms. The van der Waals surface area contributed by atoms with Gasteiger partial charge in [0.1, 0.15) is 5.75 Å². The largest absolute Gasteiger partial charge is 0.494 e. The quantitative estimate of drug-likeness (QED) is 0.895. The van der Waals surface area contributed by atoms with E-state index in [9.17, 15) is 8.42 Å². The monoisotopic (exact) mass is 283 g/mol. The Morgan fingerprint density at radius 2 is 2.21 bits per heavy atom. The van der Waals surface area contributed by atoms with Gasteiger partial charge in [0.05, 0.1) is 11.5 Å². The Morgan fingerprint density at radius 3 is 2.84 bits per heavy atom. The van der Waals surface area contributed by atoms with E-state index in [1.165, 1.54) is 12.1 Å². The molecule has 1 N–H and O–H groups in total. The minimum atomic E-state index is -3.76. The molecule has 102 valence electrons. The van der Waals surface area contributed by atoms with Crippen LogP contribution in [-0.4, -0.2) is 25.2 Å². The molecule has 0 aliphatic carbocycles. The number of ether oxygens (including phenoxy) is 1. The minimum Gasteiger partial charge on any atom is -0.494 e. The average molecular weight is 283 g/mol. The van der Waals surface area contributed by atoms with Gasteiger partial charge in [0, 0.05) is 13.0 Å². The smallest absolute Gasteiger partial charge is 0.277 e. The lowest BCUT2D eigenvalue weighted by Gasteiger charge is -2.07. The maximum Gasteiger partial charge on any atom is 0.277 e. The second-order valence-corrected chi connectivity index (χ2v) is 5.33. The number of aromatic nitrogens is 2. The van der Waals surface area contributed by atoms with Crippen LogP contribution in [0.5, 0.6) is 5.75 Å². The first-order valence-electron chi connectivity index (χ1n) is 5.57. The fourth-order valence-electron chi connectivity index (χ4n) is 1.42. The van der Waals surface area contributed by atoms with E-state index < -0.39 is 10.0 Å². The van der Waals surface area contributed by atoms with Crippen LogP contribution >= 0.6 is 0 Å². The predicted molar refractivity (Wildman–Crippen MR) is 67.5 cm³/mol. The second-order valence-electron chi connectivity index (χ2n) is 3.65. The number of hydrogen-bond donors (Lipinski definition) is 1. The molecule has 0 fully saturated rings. The van der Waals surface area contributed by atoms with Crippen LogP contribution in [0, 0.1) is 6.92 Å². The summed E-state index contributed by atoms with van der Waals surface area (Å²) in [6, 6.07) is 6.17. The van der Waals surface area contributed by atoms with E-state index in [1.54, 1.807) is 19.1 Å². The normalized spacial score (nSPS) is 11.3. The number of benzene rings is 1. The summed E-state index contributed by atoms with van der Waals surface area (Å²) < 4.78 is 36.3. The van der Waals surface area contributed by atoms with Crippen molar-refractivity contribution in [1.29, 1.82) is 0 Å². The molecule has 1 aromatic carbocycles. The van der Waals surface area contributed by atoms with Gasteiger partial charge in [-0.05, 0) is 24.2 Å². The second kappa shape index (κ2) is 5.27. The molecule has 0 radical (unpaired) electrons. The fraction of sp³-hybridized carbons (Fsp3) is 0.273. The van der Waals surface area contributed by atoms with E-state index in [0.717, 1.165) is 0 Å². The van der Waals surface area contributed by atoms with E-state index >= 15 is 0 Å². The molecule has 2 aromatic rings. The Kier molecular flexibility index (Phi) is 3.70. The van der Waals surface area contributed by atoms with Crippen molar-refractivity contribution in [3.63, 3.8) is 0 Å². The Morgan fingerprint density at radius 1 is 1.42 bits per heavy atom. The van der Waals surface area contributed by atoms with Crippen LogP contribution < -0.4 is 9.46 Å². The minimum absolute atomic E-state index is 0.0703. The molecule has 19 heavy (non-hydrogen) atoms. The summed E-state index contributed by atoms with van der Waals surface area (Å²) >= 11 is 0. The molecule has 0 aliphatic rings. The highest BCUT2D eigenvalue weighted by molar-refractivity contribution is 7.92. The van der Waals surface area contributed by atoms with Crippen molar-refractivity contribution in [3.8, 4) is 5.75 Å². The molecule has 0 unspecified atom stereocenters. The first-order chi connectivity index (χ1) is 9.01. The summed E-state index contributed by atoms with van der Waals surface area (Å²) in [7, 11) is -3.76. The zero-order valence-electron chi connectivity index (χ0n) is 10.5. The first-order valence-corrected chi connectivity index (χ1v) is 7.05. The van der Waals surface area contributed by atoms with Crippen LogP contribution in [0.3, 0.4) is 0 Å². The Hall–Kier alpha value is -2.09. The number of nitrogens with one attached hydrogen (secondary N) is 1. The van der Waals surface area contributed by atoms with Crippen molar-refractivity contribution < 1.29 is 17.7 Å². The van der Waals surface area contributed by atoms with Gasteiger partial charge in [-0.3, -0.25) is 0 Å². The summed E-state index contributed by atoms with van der Waals surface area (Å²) in [6.07, 6.45) is 0. The van der Waals surface area contributed by atoms with Gasteiger partial charge in [0.2, 0.25) is 5.89 Å². The van der Waals surface area contributed by atoms with Crippen LogP contribution in [0.1, 0.15) is 12.8 Å². The molecule has 1 heterocycles. The molecule has 1 aromatic heterocycles. The lowest BCUT2D eigenvalue weighted by atomic mass is 10.3. The maximum atomic E-state index is 12.1. The number of anilines is 1. The third kappa shape index (κ3) is 3.22. The Bertz CT molecular complexity index is 666. The summed E-state index contributed by atoms with van der Waals surface area (Å²) in [5.74, 6) is 0.662. The van der Waals surface area contributed by atoms with Gasteiger partial charge < -0.3 is 9.26 Å². The van der Waals surface area contributed by atoms with Gasteiger partial charge in [-0.15, -0.1) is 0 Å². The molecule has 0 saturated heterocycles. The van der Waals surface area contributed by atoms with Crippen molar-refractivity contribution in [2.75, 3.05) is 11.3 Å². The van der Waals surface area contributed by atoms with Crippen molar-refractivity contribution in [3.05, 3.63) is 30.2 Å². The van der Waals surface area contributed by atoms with Crippen LogP contribution in [0.15, 0.2) is 33.7 Å². The highest BCUT2D eigenvalue weighted by Gasteiger charge is 2.17. The first kappa shape index (κ1) is 13.3. The zero-order chi connectivity index (χ0) is 13.9. The molecule has 0 atom stereocenters. The summed E-state index contributed by atoms with van der Waals surface area (Å²) in [4.78, 5) is 3.85. The van der Waals surface area contributed by atoms with E-state index in [-0.39, 0.29) is 16.7 Å². The van der Waals surface area contributed by atoms with Crippen LogP contribution in [0.4, 0.5) is 5.95 Å². The van der Waals surface area contributed by atoms with Gasteiger partial charge in [0.15, 0.2) is 0 Å². The molecule has 7 nitrogen and oxygen atoms in total. The maximum absolute atomic E-state index is 12.1.